The van der Waals surface area contributed by atoms with Gasteiger partial charge in [-0.1, -0.05) is 0 Å². The van der Waals surface area contributed by atoms with Gasteiger partial charge in [0.15, 0.2) is 0 Å². The Labute approximate surface area is 79.9 Å². The molecule has 0 aromatic carbocycles. The molecule has 3 nitrogen and oxygen atoms in total. The Hall–Kier alpha value is -0.590. The van der Waals surface area contributed by atoms with E-state index in [1.165, 1.54) is 25.9 Å². The highest BCUT2D eigenvalue weighted by molar-refractivity contribution is 5.16. The van der Waals surface area contributed by atoms with Crippen LogP contribution in [0.25, 0.3) is 0 Å². The van der Waals surface area contributed by atoms with E-state index in [-0.39, 0.29) is 5.54 Å². The fraction of sp³-hybridized carbons (Fsp3) is 0.900. The molecule has 0 N–H and O–H groups in total. The summed E-state index contributed by atoms with van der Waals surface area (Å²) >= 11 is 0. The van der Waals surface area contributed by atoms with Crippen molar-refractivity contribution < 1.29 is 0 Å². The maximum atomic E-state index is 9.32. The Morgan fingerprint density at radius 2 is 2.00 bits per heavy atom. The molecular formula is C10H17N3. The van der Waals surface area contributed by atoms with Crippen molar-refractivity contribution >= 4 is 0 Å². The number of rotatable bonds is 1. The Bertz CT molecular complexity index is 235. The van der Waals surface area contributed by atoms with Crippen molar-refractivity contribution in [3.8, 4) is 6.07 Å². The lowest BCUT2D eigenvalue weighted by Gasteiger charge is -2.52. The van der Waals surface area contributed by atoms with Crippen LogP contribution in [0.5, 0.6) is 0 Å². The average Bonchev–Trinajstić information content (AvgIpc) is 2.19. The fourth-order valence-electron chi connectivity index (χ4n) is 2.77. The van der Waals surface area contributed by atoms with Gasteiger partial charge in [-0.25, -0.2) is 0 Å². The second-order valence-corrected chi connectivity index (χ2v) is 4.48. The van der Waals surface area contributed by atoms with Crippen LogP contribution in [-0.2, 0) is 0 Å². The number of nitrogens with zero attached hydrogens (tertiary/aromatic N) is 3. The van der Waals surface area contributed by atoms with Gasteiger partial charge < -0.3 is 4.90 Å². The summed E-state index contributed by atoms with van der Waals surface area (Å²) in [6.45, 7) is 3.34. The number of hydrogen-bond acceptors (Lipinski definition) is 3. The molecule has 2 bridgehead atoms. The Kier molecular flexibility index (Phi) is 2.05. The van der Waals surface area contributed by atoms with E-state index in [1.807, 2.05) is 14.1 Å². The molecule has 1 atom stereocenters. The molecule has 0 aliphatic carbocycles. The van der Waals surface area contributed by atoms with Crippen LogP contribution in [0.2, 0.25) is 0 Å². The van der Waals surface area contributed by atoms with Crippen molar-refractivity contribution in [2.24, 2.45) is 5.92 Å². The lowest BCUT2D eigenvalue weighted by Crippen LogP contribution is -2.64. The minimum absolute atomic E-state index is 0.198. The molecular weight excluding hydrogens is 162 g/mol. The second kappa shape index (κ2) is 2.97. The quantitative estimate of drug-likeness (QED) is 0.588. The lowest BCUT2D eigenvalue weighted by atomic mass is 9.73. The number of hydrogen-bond donors (Lipinski definition) is 0. The molecule has 3 aliphatic rings. The summed E-state index contributed by atoms with van der Waals surface area (Å²) in [5.74, 6) is 0.595. The van der Waals surface area contributed by atoms with Gasteiger partial charge in [0.05, 0.1) is 6.07 Å². The van der Waals surface area contributed by atoms with E-state index in [0.29, 0.717) is 5.92 Å². The highest BCUT2D eigenvalue weighted by Gasteiger charge is 2.48. The molecule has 72 valence electrons. The Morgan fingerprint density at radius 3 is 2.23 bits per heavy atom. The molecule has 0 amide bonds. The van der Waals surface area contributed by atoms with Crippen molar-refractivity contribution in [1.82, 2.24) is 9.80 Å². The van der Waals surface area contributed by atoms with E-state index < -0.39 is 0 Å². The number of nitriles is 1. The van der Waals surface area contributed by atoms with E-state index in [2.05, 4.69) is 15.9 Å². The largest absolute Gasteiger partial charge is 0.300 e. The van der Waals surface area contributed by atoms with Gasteiger partial charge in [-0.15, -0.1) is 0 Å². The fourth-order valence-corrected chi connectivity index (χ4v) is 2.77. The van der Waals surface area contributed by atoms with Crippen molar-refractivity contribution in [1.29, 1.82) is 5.26 Å². The molecule has 3 rings (SSSR count). The van der Waals surface area contributed by atoms with Crippen molar-refractivity contribution in [2.75, 3.05) is 33.7 Å². The van der Waals surface area contributed by atoms with E-state index in [9.17, 15) is 5.26 Å². The van der Waals surface area contributed by atoms with E-state index in [1.54, 1.807) is 0 Å². The molecule has 3 fully saturated rings. The number of fused-ring (bicyclic) bond motifs is 3. The predicted molar refractivity (Wildman–Crippen MR) is 51.2 cm³/mol. The van der Waals surface area contributed by atoms with Crippen LogP contribution in [0.15, 0.2) is 0 Å². The van der Waals surface area contributed by atoms with E-state index in [4.69, 9.17) is 0 Å². The van der Waals surface area contributed by atoms with Crippen LogP contribution in [0.3, 0.4) is 0 Å². The van der Waals surface area contributed by atoms with Gasteiger partial charge in [-0.2, -0.15) is 5.26 Å². The molecule has 3 heteroatoms. The molecule has 0 aromatic rings. The first-order valence-corrected chi connectivity index (χ1v) is 5.00. The highest BCUT2D eigenvalue weighted by Crippen LogP contribution is 2.37. The summed E-state index contributed by atoms with van der Waals surface area (Å²) < 4.78 is 0. The monoisotopic (exact) mass is 179 g/mol. The molecule has 3 aliphatic heterocycles. The maximum Gasteiger partial charge on any atom is 0.124 e. The average molecular weight is 179 g/mol. The summed E-state index contributed by atoms with van der Waals surface area (Å²) in [6, 6.07) is 2.53. The third kappa shape index (κ3) is 1.17. The third-order valence-electron chi connectivity index (χ3n) is 3.72. The molecule has 0 spiro atoms. The van der Waals surface area contributed by atoms with Gasteiger partial charge in [0.1, 0.15) is 5.54 Å². The number of piperidine rings is 3. The topological polar surface area (TPSA) is 30.3 Å². The number of likely N-dealkylation sites (N-methyl/N-ethyl adjacent to an activating group) is 1. The molecule has 0 radical (unpaired) electrons. The normalized spacial score (nSPS) is 43.5. The molecule has 0 aromatic heterocycles. The molecule has 1 unspecified atom stereocenters. The smallest absolute Gasteiger partial charge is 0.124 e. The molecule has 0 saturated carbocycles. The minimum atomic E-state index is -0.198. The SMILES string of the molecule is CN(C)C1(C#N)CN2CCC1CC2. The summed E-state index contributed by atoms with van der Waals surface area (Å²) in [6.07, 6.45) is 2.40. The first kappa shape index (κ1) is 8.98. The zero-order valence-electron chi connectivity index (χ0n) is 8.45. The zero-order chi connectivity index (χ0) is 9.47. The van der Waals surface area contributed by atoms with Gasteiger partial charge in [0, 0.05) is 6.54 Å². The molecule has 13 heavy (non-hydrogen) atoms. The lowest BCUT2D eigenvalue weighted by molar-refractivity contribution is -0.0160. The second-order valence-electron chi connectivity index (χ2n) is 4.48. The van der Waals surface area contributed by atoms with Crippen LogP contribution < -0.4 is 0 Å². The summed E-state index contributed by atoms with van der Waals surface area (Å²) in [4.78, 5) is 4.53. The van der Waals surface area contributed by atoms with Crippen LogP contribution in [-0.4, -0.2) is 49.1 Å². The Balaban J connectivity index is 2.27. The molecule has 3 heterocycles. The van der Waals surface area contributed by atoms with E-state index in [0.717, 1.165) is 6.54 Å². The van der Waals surface area contributed by atoms with Gasteiger partial charge >= 0.3 is 0 Å². The van der Waals surface area contributed by atoms with Gasteiger partial charge in [0.2, 0.25) is 0 Å². The first-order valence-electron chi connectivity index (χ1n) is 5.00. The van der Waals surface area contributed by atoms with Gasteiger partial charge in [-0.05, 0) is 45.9 Å². The van der Waals surface area contributed by atoms with Crippen LogP contribution >= 0.6 is 0 Å². The predicted octanol–water partition coefficient (Wildman–Crippen LogP) is 0.536. The van der Waals surface area contributed by atoms with Crippen LogP contribution in [0.1, 0.15) is 12.8 Å². The molecule has 3 saturated heterocycles. The Morgan fingerprint density at radius 1 is 1.38 bits per heavy atom. The van der Waals surface area contributed by atoms with Crippen molar-refractivity contribution in [3.63, 3.8) is 0 Å². The third-order valence-corrected chi connectivity index (χ3v) is 3.72. The summed E-state index contributed by atoms with van der Waals surface area (Å²) in [5.41, 5.74) is -0.198. The summed E-state index contributed by atoms with van der Waals surface area (Å²) in [5, 5.41) is 9.32. The van der Waals surface area contributed by atoms with Gasteiger partial charge in [-0.3, -0.25) is 4.90 Å². The van der Waals surface area contributed by atoms with Crippen molar-refractivity contribution in [3.05, 3.63) is 0 Å². The summed E-state index contributed by atoms with van der Waals surface area (Å²) in [7, 11) is 4.07. The van der Waals surface area contributed by atoms with Crippen LogP contribution in [0, 0.1) is 17.2 Å². The minimum Gasteiger partial charge on any atom is -0.300 e. The highest BCUT2D eigenvalue weighted by atomic mass is 15.3. The van der Waals surface area contributed by atoms with Crippen LogP contribution in [0.4, 0.5) is 0 Å². The zero-order valence-corrected chi connectivity index (χ0v) is 8.45. The van der Waals surface area contributed by atoms with Crippen molar-refractivity contribution in [2.45, 2.75) is 18.4 Å². The van der Waals surface area contributed by atoms with E-state index >= 15 is 0 Å². The maximum absolute atomic E-state index is 9.32. The first-order chi connectivity index (χ1) is 6.19. The standard InChI is InChI=1S/C10H17N3/c1-12(2)10(7-11)8-13-5-3-9(10)4-6-13/h9H,3-6,8H2,1-2H3. The van der Waals surface area contributed by atoms with Gasteiger partial charge in [0.25, 0.3) is 0 Å².